The number of hydrogen-bond acceptors (Lipinski definition) is 3. The smallest absolute Gasteiger partial charge is 0.212 e. The molecule has 2 aromatic heterocycles. The summed E-state index contributed by atoms with van der Waals surface area (Å²) in [5.74, 6) is -0.513. The van der Waals surface area contributed by atoms with Gasteiger partial charge in [0.15, 0.2) is 0 Å². The molecule has 0 atom stereocenters. The second-order valence-corrected chi connectivity index (χ2v) is 6.20. The first-order valence-electron chi connectivity index (χ1n) is 7.03. The number of fused-ring (bicyclic) bond motifs is 1. The van der Waals surface area contributed by atoms with Crippen molar-refractivity contribution in [2.75, 3.05) is 0 Å². The lowest BCUT2D eigenvalue weighted by Crippen LogP contribution is -1.89. The highest BCUT2D eigenvalue weighted by atomic mass is 32.1. The highest BCUT2D eigenvalue weighted by Crippen LogP contribution is 2.23. The minimum atomic E-state index is -0.269. The molecule has 0 aliphatic rings. The van der Waals surface area contributed by atoms with Gasteiger partial charge >= 0.3 is 0 Å². The van der Waals surface area contributed by atoms with E-state index in [1.807, 2.05) is 6.20 Å². The van der Waals surface area contributed by atoms with Gasteiger partial charge in [-0.15, -0.1) is 0 Å². The third-order valence-corrected chi connectivity index (χ3v) is 4.42. The standard InChI is InChI=1S/C17H11F2N3S/c18-13-5-1-11(2-6-13)9-16-21-22-10-15(20-17(22)23-16)12-3-7-14(19)8-4-12/h1-8,10H,9H2. The van der Waals surface area contributed by atoms with E-state index in [2.05, 4.69) is 10.1 Å². The molecule has 0 bridgehead atoms. The molecule has 0 aliphatic heterocycles. The van der Waals surface area contributed by atoms with Crippen molar-refractivity contribution in [3.8, 4) is 11.3 Å². The van der Waals surface area contributed by atoms with Crippen LogP contribution in [-0.4, -0.2) is 14.6 Å². The molecule has 23 heavy (non-hydrogen) atoms. The molecule has 2 aromatic carbocycles. The van der Waals surface area contributed by atoms with Crippen LogP contribution in [0.15, 0.2) is 54.7 Å². The van der Waals surface area contributed by atoms with Crippen molar-refractivity contribution >= 4 is 16.3 Å². The average Bonchev–Trinajstić information content (AvgIpc) is 3.09. The molecule has 0 amide bonds. The zero-order chi connectivity index (χ0) is 15.8. The molecule has 0 radical (unpaired) electrons. The average molecular weight is 327 g/mol. The maximum Gasteiger partial charge on any atom is 0.212 e. The van der Waals surface area contributed by atoms with Gasteiger partial charge in [-0.2, -0.15) is 5.10 Å². The number of aromatic nitrogens is 3. The monoisotopic (exact) mass is 327 g/mol. The van der Waals surface area contributed by atoms with Crippen molar-refractivity contribution in [1.82, 2.24) is 14.6 Å². The van der Waals surface area contributed by atoms with Gasteiger partial charge in [-0.05, 0) is 42.0 Å². The van der Waals surface area contributed by atoms with E-state index in [0.717, 1.165) is 26.8 Å². The number of imidazole rings is 1. The summed E-state index contributed by atoms with van der Waals surface area (Å²) < 4.78 is 27.6. The Morgan fingerprint density at radius 1 is 0.913 bits per heavy atom. The van der Waals surface area contributed by atoms with E-state index in [4.69, 9.17) is 0 Å². The molecule has 0 saturated heterocycles. The summed E-state index contributed by atoms with van der Waals surface area (Å²) in [7, 11) is 0. The minimum absolute atomic E-state index is 0.244. The number of halogens is 2. The first-order chi connectivity index (χ1) is 11.2. The van der Waals surface area contributed by atoms with Gasteiger partial charge < -0.3 is 0 Å². The van der Waals surface area contributed by atoms with Crippen LogP contribution in [0.5, 0.6) is 0 Å². The summed E-state index contributed by atoms with van der Waals surface area (Å²) in [6.45, 7) is 0. The van der Waals surface area contributed by atoms with Gasteiger partial charge in [-0.3, -0.25) is 0 Å². The van der Waals surface area contributed by atoms with Crippen LogP contribution in [0.25, 0.3) is 16.2 Å². The lowest BCUT2D eigenvalue weighted by molar-refractivity contribution is 0.627. The fraction of sp³-hybridized carbons (Fsp3) is 0.0588. The number of hydrogen-bond donors (Lipinski definition) is 0. The number of nitrogens with zero attached hydrogens (tertiary/aromatic N) is 3. The molecule has 6 heteroatoms. The van der Waals surface area contributed by atoms with E-state index in [1.165, 1.54) is 35.6 Å². The van der Waals surface area contributed by atoms with E-state index in [0.29, 0.717) is 6.42 Å². The second-order valence-electron chi connectivity index (χ2n) is 5.16. The Morgan fingerprint density at radius 2 is 1.57 bits per heavy atom. The zero-order valence-electron chi connectivity index (χ0n) is 11.9. The van der Waals surface area contributed by atoms with Gasteiger partial charge in [0.25, 0.3) is 0 Å². The third kappa shape index (κ3) is 2.85. The van der Waals surface area contributed by atoms with Gasteiger partial charge in [0.2, 0.25) is 4.96 Å². The van der Waals surface area contributed by atoms with E-state index in [9.17, 15) is 8.78 Å². The van der Waals surface area contributed by atoms with Crippen LogP contribution in [0.2, 0.25) is 0 Å². The molecule has 0 fully saturated rings. The Labute approximate surface area is 134 Å². The molecule has 0 unspecified atom stereocenters. The Balaban J connectivity index is 1.61. The molecule has 3 nitrogen and oxygen atoms in total. The summed E-state index contributed by atoms with van der Waals surface area (Å²) in [5, 5.41) is 5.41. The van der Waals surface area contributed by atoms with E-state index in [1.54, 1.807) is 28.8 Å². The first-order valence-corrected chi connectivity index (χ1v) is 7.84. The Morgan fingerprint density at radius 3 is 2.22 bits per heavy atom. The zero-order valence-corrected chi connectivity index (χ0v) is 12.7. The highest BCUT2D eigenvalue weighted by molar-refractivity contribution is 7.16. The molecule has 0 saturated carbocycles. The summed E-state index contributed by atoms with van der Waals surface area (Å²) >= 11 is 1.49. The van der Waals surface area contributed by atoms with Crippen LogP contribution in [0.1, 0.15) is 10.6 Å². The summed E-state index contributed by atoms with van der Waals surface area (Å²) in [4.78, 5) is 5.30. The van der Waals surface area contributed by atoms with E-state index < -0.39 is 0 Å². The van der Waals surface area contributed by atoms with E-state index >= 15 is 0 Å². The maximum atomic E-state index is 13.0. The lowest BCUT2D eigenvalue weighted by atomic mass is 10.2. The summed E-state index contributed by atoms with van der Waals surface area (Å²) in [5.41, 5.74) is 2.61. The fourth-order valence-corrected chi connectivity index (χ4v) is 3.26. The van der Waals surface area contributed by atoms with Gasteiger partial charge in [0.05, 0.1) is 11.9 Å². The second kappa shape index (κ2) is 5.55. The van der Waals surface area contributed by atoms with Crippen LogP contribution in [0.3, 0.4) is 0 Å². The highest BCUT2D eigenvalue weighted by Gasteiger charge is 2.10. The Hall–Kier alpha value is -2.60. The van der Waals surface area contributed by atoms with Crippen LogP contribution >= 0.6 is 11.3 Å². The van der Waals surface area contributed by atoms with Gasteiger partial charge in [-0.25, -0.2) is 18.3 Å². The van der Waals surface area contributed by atoms with Crippen LogP contribution < -0.4 is 0 Å². The molecular weight excluding hydrogens is 316 g/mol. The van der Waals surface area contributed by atoms with Gasteiger partial charge in [-0.1, -0.05) is 23.5 Å². The fourth-order valence-electron chi connectivity index (χ4n) is 2.35. The molecule has 0 aliphatic carbocycles. The summed E-state index contributed by atoms with van der Waals surface area (Å²) in [6.07, 6.45) is 2.47. The molecule has 0 N–H and O–H groups in total. The van der Waals surface area contributed by atoms with Crippen molar-refractivity contribution in [3.63, 3.8) is 0 Å². The van der Waals surface area contributed by atoms with Gasteiger partial charge in [0, 0.05) is 12.0 Å². The topological polar surface area (TPSA) is 30.2 Å². The van der Waals surface area contributed by atoms with Crippen molar-refractivity contribution in [3.05, 3.63) is 76.9 Å². The molecule has 4 rings (SSSR count). The third-order valence-electron chi connectivity index (χ3n) is 3.49. The molecule has 0 spiro atoms. The van der Waals surface area contributed by atoms with E-state index in [-0.39, 0.29) is 11.6 Å². The molecule has 2 heterocycles. The SMILES string of the molecule is Fc1ccc(Cc2nn3cc(-c4ccc(F)cc4)nc3s2)cc1. The van der Waals surface area contributed by atoms with Crippen LogP contribution in [0.4, 0.5) is 8.78 Å². The normalized spacial score (nSPS) is 11.2. The summed E-state index contributed by atoms with van der Waals surface area (Å²) in [6, 6.07) is 12.6. The van der Waals surface area contributed by atoms with Crippen molar-refractivity contribution < 1.29 is 8.78 Å². The largest absolute Gasteiger partial charge is 0.217 e. The number of rotatable bonds is 3. The number of benzene rings is 2. The Bertz CT molecular complexity index is 924. The quantitative estimate of drug-likeness (QED) is 0.561. The van der Waals surface area contributed by atoms with Crippen LogP contribution in [0, 0.1) is 11.6 Å². The maximum absolute atomic E-state index is 13.0. The predicted molar refractivity (Wildman–Crippen MR) is 85.5 cm³/mol. The minimum Gasteiger partial charge on any atom is -0.217 e. The predicted octanol–water partition coefficient (Wildman–Crippen LogP) is 4.33. The first kappa shape index (κ1) is 14.0. The molecular formula is C17H11F2N3S. The van der Waals surface area contributed by atoms with Crippen molar-refractivity contribution in [2.45, 2.75) is 6.42 Å². The van der Waals surface area contributed by atoms with Crippen molar-refractivity contribution in [2.24, 2.45) is 0 Å². The lowest BCUT2D eigenvalue weighted by Gasteiger charge is -1.97. The molecule has 114 valence electrons. The van der Waals surface area contributed by atoms with Gasteiger partial charge in [0.1, 0.15) is 16.6 Å². The Kier molecular flexibility index (Phi) is 3.38. The molecule has 4 aromatic rings. The van der Waals surface area contributed by atoms with Crippen LogP contribution in [-0.2, 0) is 6.42 Å². The van der Waals surface area contributed by atoms with Crippen molar-refractivity contribution in [1.29, 1.82) is 0 Å².